The molecule has 1 N–H and O–H groups in total. The van der Waals surface area contributed by atoms with Gasteiger partial charge in [-0.05, 0) is 55.6 Å². The Bertz CT molecular complexity index is 552. The van der Waals surface area contributed by atoms with Crippen LogP contribution in [-0.4, -0.2) is 41.0 Å². The highest BCUT2D eigenvalue weighted by atomic mass is 15.1. The molecule has 3 rings (SSSR count). The molecule has 2 aromatic heterocycles. The molecule has 0 bridgehead atoms. The van der Waals surface area contributed by atoms with Crippen LogP contribution >= 0.6 is 0 Å². The average molecular weight is 310 g/mol. The summed E-state index contributed by atoms with van der Waals surface area (Å²) in [5.74, 6) is 0.802. The van der Waals surface area contributed by atoms with Gasteiger partial charge in [-0.3, -0.25) is 14.9 Å². The Hall–Kier alpha value is -1.78. The molecule has 3 heterocycles. The van der Waals surface area contributed by atoms with E-state index in [1.54, 1.807) is 0 Å². The molecule has 0 radical (unpaired) electrons. The summed E-state index contributed by atoms with van der Waals surface area (Å²) in [7, 11) is 0. The van der Waals surface area contributed by atoms with Gasteiger partial charge in [-0.1, -0.05) is 12.1 Å². The quantitative estimate of drug-likeness (QED) is 0.853. The standard InChI is InChI=1S/C19H26N4/c1-2-10-22-19(5-1)8-13-23(15-17-6-11-20-12-7-17)16-18-4-3-9-21-14-18/h1-5,9-10,14,17,20H,6-8,11-13,15-16H2. The number of nitrogens with zero attached hydrogens (tertiary/aromatic N) is 3. The van der Waals surface area contributed by atoms with E-state index < -0.39 is 0 Å². The second kappa shape index (κ2) is 8.75. The van der Waals surface area contributed by atoms with E-state index >= 15 is 0 Å². The predicted molar refractivity (Wildman–Crippen MR) is 93.0 cm³/mol. The second-order valence-corrected chi connectivity index (χ2v) is 6.36. The van der Waals surface area contributed by atoms with E-state index in [-0.39, 0.29) is 0 Å². The van der Waals surface area contributed by atoms with Gasteiger partial charge in [0.1, 0.15) is 0 Å². The molecular weight excluding hydrogens is 284 g/mol. The van der Waals surface area contributed by atoms with Crippen LogP contribution in [0.4, 0.5) is 0 Å². The number of pyridine rings is 2. The molecule has 122 valence electrons. The Kier molecular flexibility index (Phi) is 6.12. The minimum absolute atomic E-state index is 0.802. The zero-order valence-electron chi connectivity index (χ0n) is 13.7. The van der Waals surface area contributed by atoms with Gasteiger partial charge in [0.2, 0.25) is 0 Å². The van der Waals surface area contributed by atoms with Crippen molar-refractivity contribution < 1.29 is 0 Å². The van der Waals surface area contributed by atoms with Gasteiger partial charge in [-0.25, -0.2) is 0 Å². The molecule has 1 aliphatic rings. The largest absolute Gasteiger partial charge is 0.317 e. The zero-order chi connectivity index (χ0) is 15.7. The minimum Gasteiger partial charge on any atom is -0.317 e. The molecule has 0 aliphatic carbocycles. The lowest BCUT2D eigenvalue weighted by Gasteiger charge is -2.30. The first kappa shape index (κ1) is 16.1. The first-order valence-corrected chi connectivity index (χ1v) is 8.62. The van der Waals surface area contributed by atoms with Crippen molar-refractivity contribution in [3.05, 3.63) is 60.2 Å². The van der Waals surface area contributed by atoms with Crippen molar-refractivity contribution in [2.24, 2.45) is 5.92 Å². The number of nitrogens with one attached hydrogen (secondary N) is 1. The topological polar surface area (TPSA) is 41.1 Å². The van der Waals surface area contributed by atoms with Crippen molar-refractivity contribution in [1.29, 1.82) is 0 Å². The van der Waals surface area contributed by atoms with E-state index in [1.807, 2.05) is 30.7 Å². The molecule has 1 fully saturated rings. The highest BCUT2D eigenvalue weighted by Crippen LogP contribution is 2.15. The smallest absolute Gasteiger partial charge is 0.0416 e. The average Bonchev–Trinajstić information content (AvgIpc) is 2.62. The van der Waals surface area contributed by atoms with Gasteiger partial charge in [0, 0.05) is 50.3 Å². The van der Waals surface area contributed by atoms with Gasteiger partial charge in [-0.2, -0.15) is 0 Å². The zero-order valence-corrected chi connectivity index (χ0v) is 13.7. The van der Waals surface area contributed by atoms with Crippen LogP contribution in [0.3, 0.4) is 0 Å². The lowest BCUT2D eigenvalue weighted by molar-refractivity contribution is 0.200. The first-order chi connectivity index (χ1) is 11.4. The summed E-state index contributed by atoms with van der Waals surface area (Å²) in [6, 6.07) is 10.4. The summed E-state index contributed by atoms with van der Waals surface area (Å²) in [4.78, 5) is 11.3. The van der Waals surface area contributed by atoms with Crippen molar-refractivity contribution in [3.63, 3.8) is 0 Å². The number of rotatable bonds is 7. The molecule has 0 amide bonds. The van der Waals surface area contributed by atoms with Gasteiger partial charge in [0.25, 0.3) is 0 Å². The maximum atomic E-state index is 4.46. The van der Waals surface area contributed by atoms with Crippen molar-refractivity contribution in [1.82, 2.24) is 20.2 Å². The maximum Gasteiger partial charge on any atom is 0.0416 e. The molecule has 0 unspecified atom stereocenters. The van der Waals surface area contributed by atoms with Crippen LogP contribution in [0.15, 0.2) is 48.9 Å². The Morgan fingerprint density at radius 2 is 2.00 bits per heavy atom. The molecule has 2 aromatic rings. The Morgan fingerprint density at radius 1 is 1.09 bits per heavy atom. The number of hydrogen-bond donors (Lipinski definition) is 1. The third-order valence-corrected chi connectivity index (χ3v) is 4.51. The van der Waals surface area contributed by atoms with Crippen molar-refractivity contribution in [2.75, 3.05) is 26.2 Å². The van der Waals surface area contributed by atoms with E-state index in [2.05, 4.69) is 38.4 Å². The SMILES string of the molecule is c1ccc(CCN(Cc2cccnc2)CC2CCNCC2)nc1. The summed E-state index contributed by atoms with van der Waals surface area (Å²) in [5.41, 5.74) is 2.47. The third kappa shape index (κ3) is 5.41. The molecule has 0 spiro atoms. The van der Waals surface area contributed by atoms with Crippen molar-refractivity contribution in [3.8, 4) is 0 Å². The van der Waals surface area contributed by atoms with E-state index in [4.69, 9.17) is 0 Å². The fraction of sp³-hybridized carbons (Fsp3) is 0.474. The van der Waals surface area contributed by atoms with Crippen LogP contribution in [0.5, 0.6) is 0 Å². The molecule has 1 aliphatic heterocycles. The molecule has 0 atom stereocenters. The van der Waals surface area contributed by atoms with Gasteiger partial charge in [-0.15, -0.1) is 0 Å². The first-order valence-electron chi connectivity index (χ1n) is 8.62. The fourth-order valence-electron chi connectivity index (χ4n) is 3.23. The monoisotopic (exact) mass is 310 g/mol. The third-order valence-electron chi connectivity index (χ3n) is 4.51. The Labute approximate surface area is 139 Å². The number of piperidine rings is 1. The highest BCUT2D eigenvalue weighted by Gasteiger charge is 2.17. The molecule has 4 nitrogen and oxygen atoms in total. The van der Waals surface area contributed by atoms with Crippen molar-refractivity contribution in [2.45, 2.75) is 25.8 Å². The van der Waals surface area contributed by atoms with Crippen molar-refractivity contribution >= 4 is 0 Å². The van der Waals surface area contributed by atoms with E-state index in [0.29, 0.717) is 0 Å². The summed E-state index contributed by atoms with van der Waals surface area (Å²) in [5, 5.41) is 3.46. The number of aromatic nitrogens is 2. The summed E-state index contributed by atoms with van der Waals surface area (Å²) >= 11 is 0. The van der Waals surface area contributed by atoms with Crippen LogP contribution in [0.25, 0.3) is 0 Å². The Balaban J connectivity index is 1.60. The van der Waals surface area contributed by atoms with Gasteiger partial charge in [0.05, 0.1) is 0 Å². The highest BCUT2D eigenvalue weighted by molar-refractivity contribution is 5.09. The molecule has 0 saturated carbocycles. The lowest BCUT2D eigenvalue weighted by atomic mass is 9.97. The van der Waals surface area contributed by atoms with Gasteiger partial charge >= 0.3 is 0 Å². The summed E-state index contributed by atoms with van der Waals surface area (Å²) < 4.78 is 0. The summed E-state index contributed by atoms with van der Waals surface area (Å²) in [6.07, 6.45) is 9.28. The summed E-state index contributed by atoms with van der Waals surface area (Å²) in [6.45, 7) is 5.52. The molecule has 1 saturated heterocycles. The van der Waals surface area contributed by atoms with Gasteiger partial charge < -0.3 is 5.32 Å². The normalized spacial score (nSPS) is 15.9. The minimum atomic E-state index is 0.802. The van der Waals surface area contributed by atoms with Crippen LogP contribution in [0.1, 0.15) is 24.1 Å². The molecule has 0 aromatic carbocycles. The van der Waals surface area contributed by atoms with Crippen LogP contribution in [0, 0.1) is 5.92 Å². The number of hydrogen-bond acceptors (Lipinski definition) is 4. The lowest BCUT2D eigenvalue weighted by Crippen LogP contribution is -2.37. The Morgan fingerprint density at radius 3 is 2.74 bits per heavy atom. The molecular formula is C19H26N4. The van der Waals surface area contributed by atoms with Crippen LogP contribution < -0.4 is 5.32 Å². The van der Waals surface area contributed by atoms with E-state index in [9.17, 15) is 0 Å². The van der Waals surface area contributed by atoms with Gasteiger partial charge in [0.15, 0.2) is 0 Å². The van der Waals surface area contributed by atoms with Crippen LogP contribution in [0.2, 0.25) is 0 Å². The van der Waals surface area contributed by atoms with E-state index in [0.717, 1.165) is 38.5 Å². The molecule has 23 heavy (non-hydrogen) atoms. The molecule has 4 heteroatoms. The maximum absolute atomic E-state index is 4.46. The predicted octanol–water partition coefficient (Wildman–Crippen LogP) is 2.52. The van der Waals surface area contributed by atoms with E-state index in [1.165, 1.54) is 30.6 Å². The second-order valence-electron chi connectivity index (χ2n) is 6.36. The van der Waals surface area contributed by atoms with Crippen LogP contribution in [-0.2, 0) is 13.0 Å². The fourth-order valence-corrected chi connectivity index (χ4v) is 3.23.